The van der Waals surface area contributed by atoms with Gasteiger partial charge in [0.2, 0.25) is 0 Å². The lowest BCUT2D eigenvalue weighted by atomic mass is 9.98. The molecule has 0 nitrogen and oxygen atoms in total. The summed E-state index contributed by atoms with van der Waals surface area (Å²) in [7, 11) is 0. The van der Waals surface area contributed by atoms with Gasteiger partial charge in [-0.05, 0) is 52.8 Å². The van der Waals surface area contributed by atoms with E-state index < -0.39 is 0 Å². The maximum absolute atomic E-state index is 3.49. The second-order valence-corrected chi connectivity index (χ2v) is 7.51. The SMILES string of the molecule is CCCCCCc1ccc(-c2ccc(-c3ccc(Br)cc3)cc2)cc1. The molecule has 0 fully saturated rings. The third-order valence-electron chi connectivity index (χ3n) is 4.67. The molecule has 0 aliphatic carbocycles. The van der Waals surface area contributed by atoms with Crippen molar-refractivity contribution in [3.8, 4) is 22.3 Å². The van der Waals surface area contributed by atoms with E-state index >= 15 is 0 Å². The molecule has 3 aromatic rings. The van der Waals surface area contributed by atoms with E-state index in [1.807, 2.05) is 0 Å². The van der Waals surface area contributed by atoms with Gasteiger partial charge in [0.15, 0.2) is 0 Å². The Labute approximate surface area is 160 Å². The van der Waals surface area contributed by atoms with Crippen LogP contribution in [0.15, 0.2) is 77.3 Å². The van der Waals surface area contributed by atoms with Crippen LogP contribution >= 0.6 is 15.9 Å². The van der Waals surface area contributed by atoms with Crippen LogP contribution in [0.25, 0.3) is 22.3 Å². The average molecular weight is 393 g/mol. The van der Waals surface area contributed by atoms with Crippen LogP contribution in [0.4, 0.5) is 0 Å². The van der Waals surface area contributed by atoms with Gasteiger partial charge in [-0.2, -0.15) is 0 Å². The quantitative estimate of drug-likeness (QED) is 0.358. The smallest absolute Gasteiger partial charge is 0.0175 e. The van der Waals surface area contributed by atoms with Crippen LogP contribution in [0, 0.1) is 0 Å². The summed E-state index contributed by atoms with van der Waals surface area (Å²) >= 11 is 3.49. The summed E-state index contributed by atoms with van der Waals surface area (Å²) in [6.45, 7) is 2.26. The zero-order valence-electron chi connectivity index (χ0n) is 14.8. The maximum Gasteiger partial charge on any atom is 0.0175 e. The van der Waals surface area contributed by atoms with E-state index in [1.54, 1.807) is 0 Å². The van der Waals surface area contributed by atoms with Gasteiger partial charge in [-0.25, -0.2) is 0 Å². The molecule has 3 rings (SSSR count). The van der Waals surface area contributed by atoms with Crippen molar-refractivity contribution in [2.24, 2.45) is 0 Å². The first-order valence-corrected chi connectivity index (χ1v) is 10.0. The van der Waals surface area contributed by atoms with Crippen molar-refractivity contribution < 1.29 is 0 Å². The van der Waals surface area contributed by atoms with E-state index in [4.69, 9.17) is 0 Å². The predicted octanol–water partition coefficient (Wildman–Crippen LogP) is 7.91. The molecule has 0 N–H and O–H groups in total. The molecule has 0 saturated heterocycles. The van der Waals surface area contributed by atoms with E-state index in [-0.39, 0.29) is 0 Å². The highest BCUT2D eigenvalue weighted by molar-refractivity contribution is 9.10. The molecule has 0 saturated carbocycles. The summed E-state index contributed by atoms with van der Waals surface area (Å²) in [5.41, 5.74) is 6.52. The zero-order chi connectivity index (χ0) is 17.5. The minimum absolute atomic E-state index is 1.11. The van der Waals surface area contributed by atoms with Crippen molar-refractivity contribution >= 4 is 15.9 Å². The van der Waals surface area contributed by atoms with E-state index in [9.17, 15) is 0 Å². The Morgan fingerprint density at radius 1 is 0.560 bits per heavy atom. The number of unbranched alkanes of at least 4 members (excludes halogenated alkanes) is 3. The fraction of sp³-hybridized carbons (Fsp3) is 0.250. The highest BCUT2D eigenvalue weighted by Gasteiger charge is 2.01. The minimum Gasteiger partial charge on any atom is -0.0654 e. The summed E-state index contributed by atoms with van der Waals surface area (Å²) in [6, 6.07) is 26.4. The molecule has 0 bridgehead atoms. The number of benzene rings is 3. The van der Waals surface area contributed by atoms with Gasteiger partial charge in [0.1, 0.15) is 0 Å². The second-order valence-electron chi connectivity index (χ2n) is 6.59. The molecule has 1 heteroatoms. The molecule has 0 aromatic heterocycles. The normalized spacial score (nSPS) is 10.8. The van der Waals surface area contributed by atoms with Crippen LogP contribution in [0.2, 0.25) is 0 Å². The van der Waals surface area contributed by atoms with Gasteiger partial charge in [-0.1, -0.05) is 103 Å². The topological polar surface area (TPSA) is 0 Å². The van der Waals surface area contributed by atoms with Crippen LogP contribution in [0.3, 0.4) is 0 Å². The zero-order valence-corrected chi connectivity index (χ0v) is 16.4. The molecule has 3 aromatic carbocycles. The lowest BCUT2D eigenvalue weighted by molar-refractivity contribution is 0.667. The van der Waals surface area contributed by atoms with Crippen LogP contribution < -0.4 is 0 Å². The summed E-state index contributed by atoms with van der Waals surface area (Å²) < 4.78 is 1.11. The van der Waals surface area contributed by atoms with Crippen LogP contribution in [0.1, 0.15) is 38.2 Å². The largest absolute Gasteiger partial charge is 0.0654 e. The molecule has 0 spiro atoms. The van der Waals surface area contributed by atoms with Gasteiger partial charge >= 0.3 is 0 Å². The van der Waals surface area contributed by atoms with Crippen molar-refractivity contribution in [3.63, 3.8) is 0 Å². The second kappa shape index (κ2) is 9.01. The van der Waals surface area contributed by atoms with Gasteiger partial charge < -0.3 is 0 Å². The van der Waals surface area contributed by atoms with Gasteiger partial charge in [0.25, 0.3) is 0 Å². The Hall–Kier alpha value is -1.86. The first kappa shape index (κ1) is 17.9. The average Bonchev–Trinajstić information content (AvgIpc) is 2.67. The summed E-state index contributed by atoms with van der Waals surface area (Å²) in [5, 5.41) is 0. The summed E-state index contributed by atoms with van der Waals surface area (Å²) in [4.78, 5) is 0. The number of hydrogen-bond acceptors (Lipinski definition) is 0. The Morgan fingerprint density at radius 3 is 1.48 bits per heavy atom. The number of hydrogen-bond donors (Lipinski definition) is 0. The molecular weight excluding hydrogens is 368 g/mol. The Kier molecular flexibility index (Phi) is 6.47. The van der Waals surface area contributed by atoms with Gasteiger partial charge in [-0.3, -0.25) is 0 Å². The molecule has 0 amide bonds. The number of aryl methyl sites for hydroxylation is 1. The van der Waals surface area contributed by atoms with E-state index in [2.05, 4.69) is 95.7 Å². The number of rotatable bonds is 7. The Bertz CT molecular complexity index is 768. The van der Waals surface area contributed by atoms with Crippen molar-refractivity contribution in [1.29, 1.82) is 0 Å². The predicted molar refractivity (Wildman–Crippen MR) is 113 cm³/mol. The third-order valence-corrected chi connectivity index (χ3v) is 5.20. The molecule has 0 atom stereocenters. The summed E-state index contributed by atoms with van der Waals surface area (Å²) in [5.74, 6) is 0. The Morgan fingerprint density at radius 2 is 1.00 bits per heavy atom. The summed E-state index contributed by atoms with van der Waals surface area (Å²) in [6.07, 6.45) is 6.49. The van der Waals surface area contributed by atoms with Gasteiger partial charge in [0, 0.05) is 4.47 Å². The lowest BCUT2D eigenvalue weighted by Crippen LogP contribution is -1.86. The highest BCUT2D eigenvalue weighted by atomic mass is 79.9. The molecule has 128 valence electrons. The van der Waals surface area contributed by atoms with Crippen molar-refractivity contribution in [3.05, 3.63) is 82.8 Å². The minimum atomic E-state index is 1.11. The monoisotopic (exact) mass is 392 g/mol. The molecule has 25 heavy (non-hydrogen) atoms. The Balaban J connectivity index is 1.66. The lowest BCUT2D eigenvalue weighted by Gasteiger charge is -2.07. The molecule has 0 unspecified atom stereocenters. The standard InChI is InChI=1S/C24H25Br/c1-2-3-4-5-6-19-7-9-20(10-8-19)21-11-13-22(14-12-21)23-15-17-24(25)18-16-23/h7-18H,2-6H2,1H3. The van der Waals surface area contributed by atoms with Crippen LogP contribution in [0.5, 0.6) is 0 Å². The molecular formula is C24H25Br. The van der Waals surface area contributed by atoms with E-state index in [0.29, 0.717) is 0 Å². The third kappa shape index (κ3) is 5.06. The fourth-order valence-electron chi connectivity index (χ4n) is 3.12. The maximum atomic E-state index is 3.49. The van der Waals surface area contributed by atoms with Crippen molar-refractivity contribution in [2.45, 2.75) is 39.0 Å². The fourth-order valence-corrected chi connectivity index (χ4v) is 3.38. The first-order chi connectivity index (χ1) is 12.3. The first-order valence-electron chi connectivity index (χ1n) is 9.21. The highest BCUT2D eigenvalue weighted by Crippen LogP contribution is 2.26. The molecule has 0 heterocycles. The van der Waals surface area contributed by atoms with Crippen LogP contribution in [-0.2, 0) is 6.42 Å². The van der Waals surface area contributed by atoms with Gasteiger partial charge in [0.05, 0.1) is 0 Å². The van der Waals surface area contributed by atoms with Gasteiger partial charge in [-0.15, -0.1) is 0 Å². The molecule has 0 aliphatic heterocycles. The van der Waals surface area contributed by atoms with Crippen molar-refractivity contribution in [1.82, 2.24) is 0 Å². The van der Waals surface area contributed by atoms with E-state index in [1.165, 1.54) is 59.9 Å². The van der Waals surface area contributed by atoms with E-state index in [0.717, 1.165) is 4.47 Å². The van der Waals surface area contributed by atoms with Crippen LogP contribution in [-0.4, -0.2) is 0 Å². The number of halogens is 1. The molecule has 0 aliphatic rings. The molecule has 0 radical (unpaired) electrons. The van der Waals surface area contributed by atoms with Crippen molar-refractivity contribution in [2.75, 3.05) is 0 Å².